The molecule has 148 valence electrons. The Balaban J connectivity index is 1.82. The summed E-state index contributed by atoms with van der Waals surface area (Å²) in [7, 11) is 0. The first-order valence-corrected chi connectivity index (χ1v) is 11.3. The van der Waals surface area contributed by atoms with E-state index >= 15 is 0 Å². The molecule has 2 aromatic heterocycles. The fourth-order valence-corrected chi connectivity index (χ4v) is 5.29. The molecule has 3 heterocycles. The van der Waals surface area contributed by atoms with Gasteiger partial charge in [-0.15, -0.1) is 11.3 Å². The molecule has 0 bridgehead atoms. The van der Waals surface area contributed by atoms with Crippen molar-refractivity contribution in [3.8, 4) is 0 Å². The van der Waals surface area contributed by atoms with Crippen molar-refractivity contribution in [3.63, 3.8) is 0 Å². The van der Waals surface area contributed by atoms with E-state index in [-0.39, 0.29) is 29.4 Å². The minimum absolute atomic E-state index is 0.00126. The van der Waals surface area contributed by atoms with Gasteiger partial charge < -0.3 is 9.64 Å². The zero-order valence-electron chi connectivity index (χ0n) is 16.4. The van der Waals surface area contributed by atoms with Crippen molar-refractivity contribution in [2.45, 2.75) is 64.4 Å². The van der Waals surface area contributed by atoms with Crippen LogP contribution in [0.25, 0.3) is 10.2 Å². The summed E-state index contributed by atoms with van der Waals surface area (Å²) < 4.78 is 7.42. The number of amides is 1. The Bertz CT molecular complexity index is 867. The summed E-state index contributed by atoms with van der Waals surface area (Å²) in [4.78, 5) is 34.1. The Kier molecular flexibility index (Phi) is 6.60. The molecule has 27 heavy (non-hydrogen) atoms. The fraction of sp³-hybridized carbons (Fsp3) is 0.632. The van der Waals surface area contributed by atoms with Crippen molar-refractivity contribution in [1.82, 2.24) is 14.5 Å². The molecule has 3 rings (SSSR count). The minimum atomic E-state index is 0.00126. The van der Waals surface area contributed by atoms with E-state index in [4.69, 9.17) is 9.72 Å². The van der Waals surface area contributed by atoms with Gasteiger partial charge in [-0.05, 0) is 32.8 Å². The van der Waals surface area contributed by atoms with E-state index in [1.54, 1.807) is 15.9 Å². The normalized spacial score (nSPS) is 20.4. The van der Waals surface area contributed by atoms with Gasteiger partial charge in [-0.3, -0.25) is 14.2 Å². The standard InChI is InChI=1S/C19H27N3O3S2/c1-5-7-22-18(24)15-8-14(6-2)27-17(15)20-19(22)26-11-16(23)21-9-12(3)25-13(4)10-21/h8,12-13H,5-7,9-11H2,1-4H3/t12-,13-/m1/s1. The number of thiophene rings is 1. The lowest BCUT2D eigenvalue weighted by Crippen LogP contribution is -2.48. The number of fused-ring (bicyclic) bond motifs is 1. The summed E-state index contributed by atoms with van der Waals surface area (Å²) in [5, 5.41) is 1.33. The van der Waals surface area contributed by atoms with Crippen LogP contribution >= 0.6 is 23.1 Å². The number of carbonyl (C=O) groups excluding carboxylic acids is 1. The quantitative estimate of drug-likeness (QED) is 0.542. The number of carbonyl (C=O) groups is 1. The number of rotatable bonds is 6. The highest BCUT2D eigenvalue weighted by molar-refractivity contribution is 7.99. The Morgan fingerprint density at radius 1 is 1.33 bits per heavy atom. The van der Waals surface area contributed by atoms with Gasteiger partial charge in [-0.25, -0.2) is 4.98 Å². The highest BCUT2D eigenvalue weighted by Crippen LogP contribution is 2.25. The summed E-state index contributed by atoms with van der Waals surface area (Å²) in [6.45, 7) is 9.93. The van der Waals surface area contributed by atoms with Gasteiger partial charge in [0.1, 0.15) is 4.83 Å². The largest absolute Gasteiger partial charge is 0.372 e. The smallest absolute Gasteiger partial charge is 0.262 e. The van der Waals surface area contributed by atoms with Crippen LogP contribution in [-0.2, 0) is 22.5 Å². The molecule has 1 aliphatic rings. The van der Waals surface area contributed by atoms with Crippen LogP contribution in [0, 0.1) is 0 Å². The predicted molar refractivity (Wildman–Crippen MR) is 111 cm³/mol. The SMILES string of the molecule is CCCn1c(SCC(=O)N2C[C@@H](C)O[C@H](C)C2)nc2sc(CC)cc2c1=O. The molecule has 8 heteroatoms. The molecular weight excluding hydrogens is 382 g/mol. The molecule has 0 saturated carbocycles. The first-order chi connectivity index (χ1) is 12.9. The molecule has 1 amide bonds. The lowest BCUT2D eigenvalue weighted by atomic mass is 10.2. The zero-order valence-corrected chi connectivity index (χ0v) is 18.0. The first-order valence-electron chi connectivity index (χ1n) is 9.52. The minimum Gasteiger partial charge on any atom is -0.372 e. The first kappa shape index (κ1) is 20.4. The van der Waals surface area contributed by atoms with Crippen LogP contribution in [-0.4, -0.2) is 51.4 Å². The summed E-state index contributed by atoms with van der Waals surface area (Å²) in [5.74, 6) is 0.354. The van der Waals surface area contributed by atoms with Crippen LogP contribution < -0.4 is 5.56 Å². The molecule has 1 aliphatic heterocycles. The molecule has 1 saturated heterocycles. The molecular formula is C19H27N3O3S2. The average molecular weight is 410 g/mol. The Morgan fingerprint density at radius 2 is 2.04 bits per heavy atom. The molecule has 0 aromatic carbocycles. The van der Waals surface area contributed by atoms with Gasteiger partial charge in [0.05, 0.1) is 23.3 Å². The fourth-order valence-electron chi connectivity index (χ4n) is 3.35. The van der Waals surface area contributed by atoms with Crippen LogP contribution in [0.15, 0.2) is 16.0 Å². The maximum Gasteiger partial charge on any atom is 0.262 e. The number of ether oxygens (including phenoxy) is 1. The van der Waals surface area contributed by atoms with Crippen LogP contribution in [0.3, 0.4) is 0 Å². The second-order valence-corrected chi connectivity index (χ2v) is 9.04. The van der Waals surface area contributed by atoms with E-state index in [9.17, 15) is 9.59 Å². The van der Waals surface area contributed by atoms with Gasteiger partial charge >= 0.3 is 0 Å². The van der Waals surface area contributed by atoms with Crippen molar-refractivity contribution in [2.75, 3.05) is 18.8 Å². The number of hydrogen-bond donors (Lipinski definition) is 0. The maximum absolute atomic E-state index is 12.9. The second-order valence-electron chi connectivity index (χ2n) is 6.98. The van der Waals surface area contributed by atoms with Crippen molar-refractivity contribution in [2.24, 2.45) is 0 Å². The summed E-state index contributed by atoms with van der Waals surface area (Å²) >= 11 is 2.93. The molecule has 1 fully saturated rings. The zero-order chi connectivity index (χ0) is 19.6. The van der Waals surface area contributed by atoms with Crippen LogP contribution in [0.2, 0.25) is 0 Å². The maximum atomic E-state index is 12.9. The third kappa shape index (κ3) is 4.55. The Morgan fingerprint density at radius 3 is 2.67 bits per heavy atom. The van der Waals surface area contributed by atoms with Gasteiger partial charge in [0.15, 0.2) is 5.16 Å². The summed E-state index contributed by atoms with van der Waals surface area (Å²) in [6.07, 6.45) is 1.84. The van der Waals surface area contributed by atoms with E-state index in [2.05, 4.69) is 6.92 Å². The van der Waals surface area contributed by atoms with Crippen LogP contribution in [0.1, 0.15) is 39.0 Å². The van der Waals surface area contributed by atoms with Crippen molar-refractivity contribution < 1.29 is 9.53 Å². The molecule has 0 unspecified atom stereocenters. The van der Waals surface area contributed by atoms with Crippen LogP contribution in [0.5, 0.6) is 0 Å². The van der Waals surface area contributed by atoms with E-state index < -0.39 is 0 Å². The Labute approximate surface area is 167 Å². The summed E-state index contributed by atoms with van der Waals surface area (Å²) in [6, 6.07) is 1.96. The van der Waals surface area contributed by atoms with Gasteiger partial charge in [-0.2, -0.15) is 0 Å². The van der Waals surface area contributed by atoms with Crippen LogP contribution in [0.4, 0.5) is 0 Å². The number of aromatic nitrogens is 2. The van der Waals surface area contributed by atoms with Gasteiger partial charge in [-0.1, -0.05) is 25.6 Å². The van der Waals surface area contributed by atoms with E-state index in [1.807, 2.05) is 31.7 Å². The molecule has 0 radical (unpaired) electrons. The number of morpholine rings is 1. The number of aryl methyl sites for hydroxylation is 1. The molecule has 6 nitrogen and oxygen atoms in total. The monoisotopic (exact) mass is 409 g/mol. The molecule has 0 N–H and O–H groups in total. The lowest BCUT2D eigenvalue weighted by molar-refractivity contribution is -0.140. The highest BCUT2D eigenvalue weighted by Gasteiger charge is 2.26. The Hall–Kier alpha value is -1.38. The molecule has 0 aliphatic carbocycles. The van der Waals surface area contributed by atoms with E-state index in [0.29, 0.717) is 30.2 Å². The number of nitrogens with zero attached hydrogens (tertiary/aromatic N) is 3. The van der Waals surface area contributed by atoms with Crippen molar-refractivity contribution >= 4 is 39.2 Å². The van der Waals surface area contributed by atoms with Crippen molar-refractivity contribution in [3.05, 3.63) is 21.3 Å². The third-order valence-electron chi connectivity index (χ3n) is 4.56. The lowest BCUT2D eigenvalue weighted by Gasteiger charge is -2.35. The van der Waals surface area contributed by atoms with E-state index in [1.165, 1.54) is 11.8 Å². The molecule has 2 atom stereocenters. The number of hydrogen-bond acceptors (Lipinski definition) is 6. The average Bonchev–Trinajstić information content (AvgIpc) is 3.05. The molecule has 0 spiro atoms. The van der Waals surface area contributed by atoms with Gasteiger partial charge in [0.2, 0.25) is 5.91 Å². The molecule has 2 aromatic rings. The van der Waals surface area contributed by atoms with Gasteiger partial charge in [0.25, 0.3) is 5.56 Å². The highest BCUT2D eigenvalue weighted by atomic mass is 32.2. The van der Waals surface area contributed by atoms with Crippen molar-refractivity contribution in [1.29, 1.82) is 0 Å². The number of thioether (sulfide) groups is 1. The van der Waals surface area contributed by atoms with E-state index in [0.717, 1.165) is 22.5 Å². The summed E-state index contributed by atoms with van der Waals surface area (Å²) in [5.41, 5.74) is 0.00126. The third-order valence-corrected chi connectivity index (χ3v) is 6.69. The topological polar surface area (TPSA) is 64.4 Å². The predicted octanol–water partition coefficient (Wildman–Crippen LogP) is 3.16. The second kappa shape index (κ2) is 8.75. The van der Waals surface area contributed by atoms with Gasteiger partial charge in [0, 0.05) is 24.5 Å².